The number of rotatable bonds is 8. The Bertz CT molecular complexity index is 760. The molecule has 0 atom stereocenters. The van der Waals surface area contributed by atoms with Crippen LogP contribution in [0, 0.1) is 0 Å². The maximum atomic E-state index is 11.9. The van der Waals surface area contributed by atoms with Gasteiger partial charge in [-0.3, -0.25) is 9.48 Å². The Morgan fingerprint density at radius 1 is 1.38 bits per heavy atom. The lowest BCUT2D eigenvalue weighted by atomic mass is 10.2. The lowest BCUT2D eigenvalue weighted by Gasteiger charge is -2.16. The number of nitrogens with zero attached hydrogens (tertiary/aromatic N) is 5. The monoisotopic (exact) mass is 374 g/mol. The van der Waals surface area contributed by atoms with Gasteiger partial charge in [-0.05, 0) is 31.6 Å². The van der Waals surface area contributed by atoms with Crippen LogP contribution in [-0.4, -0.2) is 43.3 Å². The quantitative estimate of drug-likeness (QED) is 0.437. The highest BCUT2D eigenvalue weighted by atomic mass is 32.2. The van der Waals surface area contributed by atoms with E-state index in [1.807, 2.05) is 19.5 Å². The summed E-state index contributed by atoms with van der Waals surface area (Å²) in [6.07, 6.45) is 15.6. The van der Waals surface area contributed by atoms with Gasteiger partial charge in [0.1, 0.15) is 5.82 Å². The molecule has 0 radical (unpaired) electrons. The molecule has 0 aromatic carbocycles. The fourth-order valence-electron chi connectivity index (χ4n) is 3.36. The largest absolute Gasteiger partial charge is 0.353 e. The molecule has 3 rings (SSSR count). The third-order valence-electron chi connectivity index (χ3n) is 4.64. The van der Waals surface area contributed by atoms with Crippen LogP contribution in [0.25, 0.3) is 6.08 Å². The molecule has 2 aromatic heterocycles. The number of nitrogens with one attached hydrogen (secondary N) is 1. The molecule has 1 aliphatic carbocycles. The summed E-state index contributed by atoms with van der Waals surface area (Å²) in [5.41, 5.74) is 0.914. The Labute approximate surface area is 158 Å². The molecule has 0 saturated heterocycles. The van der Waals surface area contributed by atoms with Crippen molar-refractivity contribution in [2.45, 2.75) is 49.7 Å². The van der Waals surface area contributed by atoms with E-state index in [9.17, 15) is 4.79 Å². The van der Waals surface area contributed by atoms with Gasteiger partial charge in [-0.2, -0.15) is 5.10 Å². The lowest BCUT2D eigenvalue weighted by Crippen LogP contribution is -2.23. The molecular weight excluding hydrogens is 348 g/mol. The third-order valence-corrected chi connectivity index (χ3v) is 5.28. The first-order chi connectivity index (χ1) is 12.7. The number of carbonyl (C=O) groups is 1. The van der Waals surface area contributed by atoms with Crippen molar-refractivity contribution >= 4 is 23.7 Å². The minimum atomic E-state index is -0.0871. The summed E-state index contributed by atoms with van der Waals surface area (Å²) in [7, 11) is 1.85. The summed E-state index contributed by atoms with van der Waals surface area (Å²) in [6, 6.07) is 0.541. The summed E-state index contributed by atoms with van der Waals surface area (Å²) in [4.78, 5) is 11.9. The van der Waals surface area contributed by atoms with E-state index >= 15 is 0 Å². The van der Waals surface area contributed by atoms with Gasteiger partial charge in [0.15, 0.2) is 5.16 Å². The van der Waals surface area contributed by atoms with Crippen LogP contribution in [0.3, 0.4) is 0 Å². The predicted octanol–water partition coefficient (Wildman–Crippen LogP) is 2.61. The van der Waals surface area contributed by atoms with Gasteiger partial charge in [-0.1, -0.05) is 24.6 Å². The standard InChI is InChI=1S/C18H26N6OS/c1-23-13-14(12-20-23)9-10-17(25)19-11-5-8-16-21-22-18(26-2)24(16)15-6-3-4-7-15/h9-10,12-13,15H,3-8,11H2,1-2H3,(H,19,25)/b10-9+. The third kappa shape index (κ3) is 4.75. The average Bonchev–Trinajstić information content (AvgIpc) is 3.37. The first-order valence-corrected chi connectivity index (χ1v) is 10.3. The normalized spacial score (nSPS) is 15.2. The van der Waals surface area contributed by atoms with Crippen molar-refractivity contribution in [2.24, 2.45) is 7.05 Å². The van der Waals surface area contributed by atoms with Crippen molar-refractivity contribution < 1.29 is 4.79 Å². The molecule has 1 fully saturated rings. The topological polar surface area (TPSA) is 77.6 Å². The summed E-state index contributed by atoms with van der Waals surface area (Å²) < 4.78 is 4.03. The van der Waals surface area contributed by atoms with E-state index in [1.54, 1.807) is 34.8 Å². The SMILES string of the molecule is CSc1nnc(CCCNC(=O)/C=C/c2cnn(C)c2)n1C1CCCC1. The highest BCUT2D eigenvalue weighted by Crippen LogP contribution is 2.33. The number of thioether (sulfide) groups is 1. The molecule has 2 aromatic rings. The molecule has 7 nitrogen and oxygen atoms in total. The summed E-state index contributed by atoms with van der Waals surface area (Å²) in [6.45, 7) is 0.627. The van der Waals surface area contributed by atoms with Crippen LogP contribution in [0.5, 0.6) is 0 Å². The van der Waals surface area contributed by atoms with Crippen molar-refractivity contribution in [1.82, 2.24) is 29.9 Å². The molecule has 140 valence electrons. The van der Waals surface area contributed by atoms with E-state index in [1.165, 1.54) is 25.7 Å². The Kier molecular flexibility index (Phi) is 6.49. The zero-order chi connectivity index (χ0) is 18.4. The van der Waals surface area contributed by atoms with Gasteiger partial charge >= 0.3 is 0 Å². The molecule has 0 spiro atoms. The van der Waals surface area contributed by atoms with Crippen LogP contribution in [0.4, 0.5) is 0 Å². The Balaban J connectivity index is 1.47. The van der Waals surface area contributed by atoms with Crippen molar-refractivity contribution in [3.05, 3.63) is 29.9 Å². The summed E-state index contributed by atoms with van der Waals surface area (Å²) in [5.74, 6) is 0.956. The first kappa shape index (κ1) is 18.7. The predicted molar refractivity (Wildman–Crippen MR) is 103 cm³/mol. The van der Waals surface area contributed by atoms with Crippen LogP contribution in [0.2, 0.25) is 0 Å². The zero-order valence-corrected chi connectivity index (χ0v) is 16.2. The van der Waals surface area contributed by atoms with Crippen molar-refractivity contribution in [3.63, 3.8) is 0 Å². The summed E-state index contributed by atoms with van der Waals surface area (Å²) >= 11 is 1.66. The molecule has 8 heteroatoms. The van der Waals surface area contributed by atoms with Crippen molar-refractivity contribution in [1.29, 1.82) is 0 Å². The average molecular weight is 375 g/mol. The maximum absolute atomic E-state index is 11.9. The Morgan fingerprint density at radius 2 is 2.19 bits per heavy atom. The van der Waals surface area contributed by atoms with Crippen LogP contribution in [0.15, 0.2) is 23.6 Å². The number of carbonyl (C=O) groups excluding carboxylic acids is 1. The number of hydrogen-bond acceptors (Lipinski definition) is 5. The number of amides is 1. The Morgan fingerprint density at radius 3 is 2.88 bits per heavy atom. The van der Waals surface area contributed by atoms with Crippen molar-refractivity contribution in [3.8, 4) is 0 Å². The minimum absolute atomic E-state index is 0.0871. The van der Waals surface area contributed by atoms with E-state index < -0.39 is 0 Å². The van der Waals surface area contributed by atoms with Gasteiger partial charge < -0.3 is 9.88 Å². The van der Waals surface area contributed by atoms with Gasteiger partial charge in [-0.15, -0.1) is 10.2 Å². The smallest absolute Gasteiger partial charge is 0.244 e. The zero-order valence-electron chi connectivity index (χ0n) is 15.4. The minimum Gasteiger partial charge on any atom is -0.353 e. The maximum Gasteiger partial charge on any atom is 0.244 e. The van der Waals surface area contributed by atoms with E-state index in [4.69, 9.17) is 0 Å². The molecular formula is C18H26N6OS. The van der Waals surface area contributed by atoms with Crippen LogP contribution >= 0.6 is 11.8 Å². The molecule has 1 N–H and O–H groups in total. The molecule has 26 heavy (non-hydrogen) atoms. The Hall–Kier alpha value is -2.09. The molecule has 2 heterocycles. The molecule has 0 aliphatic heterocycles. The van der Waals surface area contributed by atoms with Crippen molar-refractivity contribution in [2.75, 3.05) is 12.8 Å². The van der Waals surface area contributed by atoms with Gasteiger partial charge in [0.25, 0.3) is 0 Å². The number of hydrogen-bond donors (Lipinski definition) is 1. The van der Waals surface area contributed by atoms with Gasteiger partial charge in [0.2, 0.25) is 5.91 Å². The van der Waals surface area contributed by atoms with E-state index in [2.05, 4.69) is 25.2 Å². The lowest BCUT2D eigenvalue weighted by molar-refractivity contribution is -0.116. The number of aryl methyl sites for hydroxylation is 2. The van der Waals surface area contributed by atoms with Crippen LogP contribution < -0.4 is 5.32 Å². The molecule has 1 saturated carbocycles. The highest BCUT2D eigenvalue weighted by Gasteiger charge is 2.23. The summed E-state index contributed by atoms with van der Waals surface area (Å²) in [5, 5.41) is 16.7. The van der Waals surface area contributed by atoms with Gasteiger partial charge in [0, 0.05) is 43.9 Å². The molecule has 1 amide bonds. The second kappa shape index (κ2) is 9.02. The van der Waals surface area contributed by atoms with E-state index in [0.29, 0.717) is 12.6 Å². The number of aromatic nitrogens is 5. The first-order valence-electron chi connectivity index (χ1n) is 9.09. The van der Waals surface area contributed by atoms with E-state index in [0.717, 1.165) is 29.4 Å². The fraction of sp³-hybridized carbons (Fsp3) is 0.556. The molecule has 1 aliphatic rings. The van der Waals surface area contributed by atoms with Gasteiger partial charge in [-0.25, -0.2) is 0 Å². The van der Waals surface area contributed by atoms with Crippen LogP contribution in [-0.2, 0) is 18.3 Å². The second-order valence-electron chi connectivity index (χ2n) is 6.59. The van der Waals surface area contributed by atoms with Crippen LogP contribution in [0.1, 0.15) is 49.5 Å². The molecule has 0 bridgehead atoms. The highest BCUT2D eigenvalue weighted by molar-refractivity contribution is 7.98. The second-order valence-corrected chi connectivity index (χ2v) is 7.36. The van der Waals surface area contributed by atoms with Gasteiger partial charge in [0.05, 0.1) is 6.20 Å². The van der Waals surface area contributed by atoms with E-state index in [-0.39, 0.29) is 5.91 Å². The fourth-order valence-corrected chi connectivity index (χ4v) is 3.94. The molecule has 0 unspecified atom stereocenters.